The molecule has 0 bridgehead atoms. The van der Waals surface area contributed by atoms with Crippen LogP contribution in [0.25, 0.3) is 0 Å². The molecule has 2 rings (SSSR count). The van der Waals surface area contributed by atoms with E-state index in [9.17, 15) is 0 Å². The van der Waals surface area contributed by atoms with E-state index in [4.69, 9.17) is 15.3 Å². The number of nitrogens with one attached hydrogen (secondary N) is 1. The SMILES string of the molecule is COC1(C(NN)C2=CCCO2)CCCC1. The van der Waals surface area contributed by atoms with Crippen LogP contribution < -0.4 is 11.3 Å². The number of methoxy groups -OCH3 is 1. The molecule has 1 aliphatic carbocycles. The van der Waals surface area contributed by atoms with Crippen molar-refractivity contribution in [3.63, 3.8) is 0 Å². The van der Waals surface area contributed by atoms with Gasteiger partial charge in [-0.1, -0.05) is 12.8 Å². The van der Waals surface area contributed by atoms with Crippen LogP contribution in [0, 0.1) is 0 Å². The predicted molar refractivity (Wildman–Crippen MR) is 58.0 cm³/mol. The van der Waals surface area contributed by atoms with Crippen LogP contribution in [0.2, 0.25) is 0 Å². The van der Waals surface area contributed by atoms with Crippen LogP contribution in [0.15, 0.2) is 11.8 Å². The van der Waals surface area contributed by atoms with E-state index in [2.05, 4.69) is 11.5 Å². The second kappa shape index (κ2) is 4.51. The Hall–Kier alpha value is -0.580. The summed E-state index contributed by atoms with van der Waals surface area (Å²) in [6.07, 6.45) is 7.62. The van der Waals surface area contributed by atoms with Gasteiger partial charge in [-0.15, -0.1) is 0 Å². The first-order valence-electron chi connectivity index (χ1n) is 5.66. The molecule has 0 saturated heterocycles. The normalized spacial score (nSPS) is 26.1. The molecule has 4 heteroatoms. The Morgan fingerprint density at radius 2 is 2.27 bits per heavy atom. The fraction of sp³-hybridized carbons (Fsp3) is 0.818. The van der Waals surface area contributed by atoms with Gasteiger partial charge in [0.25, 0.3) is 0 Å². The monoisotopic (exact) mass is 212 g/mol. The van der Waals surface area contributed by atoms with Gasteiger partial charge in [-0.3, -0.25) is 5.84 Å². The predicted octanol–water partition coefficient (Wildman–Crippen LogP) is 1.08. The van der Waals surface area contributed by atoms with Crippen LogP contribution in [0.5, 0.6) is 0 Å². The lowest BCUT2D eigenvalue weighted by molar-refractivity contribution is -0.0381. The minimum atomic E-state index is -0.162. The molecule has 0 aromatic carbocycles. The van der Waals surface area contributed by atoms with Crippen molar-refractivity contribution in [2.24, 2.45) is 5.84 Å². The minimum absolute atomic E-state index is 0.00694. The third-order valence-electron chi connectivity index (χ3n) is 3.57. The molecule has 0 aromatic rings. The van der Waals surface area contributed by atoms with Crippen molar-refractivity contribution in [2.75, 3.05) is 13.7 Å². The Labute approximate surface area is 90.8 Å². The standard InChI is InChI=1S/C11H20N2O2/c1-14-11(6-2-3-7-11)10(13-12)9-5-4-8-15-9/h5,10,13H,2-4,6-8,12H2,1H3. The van der Waals surface area contributed by atoms with Crippen molar-refractivity contribution in [3.8, 4) is 0 Å². The summed E-state index contributed by atoms with van der Waals surface area (Å²) in [6.45, 7) is 0.771. The van der Waals surface area contributed by atoms with Gasteiger partial charge >= 0.3 is 0 Å². The highest BCUT2D eigenvalue weighted by Gasteiger charge is 2.44. The van der Waals surface area contributed by atoms with E-state index >= 15 is 0 Å². The Bertz CT molecular complexity index is 247. The highest BCUT2D eigenvalue weighted by Crippen LogP contribution is 2.38. The fourth-order valence-corrected chi connectivity index (χ4v) is 2.72. The van der Waals surface area contributed by atoms with Gasteiger partial charge in [0.05, 0.1) is 12.2 Å². The van der Waals surface area contributed by atoms with E-state index in [1.807, 2.05) is 0 Å². The number of rotatable bonds is 4. The van der Waals surface area contributed by atoms with Crippen LogP contribution >= 0.6 is 0 Å². The molecule has 15 heavy (non-hydrogen) atoms. The molecule has 1 saturated carbocycles. The third-order valence-corrected chi connectivity index (χ3v) is 3.57. The van der Waals surface area contributed by atoms with Crippen molar-refractivity contribution >= 4 is 0 Å². The van der Waals surface area contributed by atoms with E-state index < -0.39 is 0 Å². The average molecular weight is 212 g/mol. The maximum atomic E-state index is 5.70. The Morgan fingerprint density at radius 3 is 2.73 bits per heavy atom. The lowest BCUT2D eigenvalue weighted by atomic mass is 9.91. The van der Waals surface area contributed by atoms with E-state index in [-0.39, 0.29) is 11.6 Å². The lowest BCUT2D eigenvalue weighted by Gasteiger charge is -2.36. The maximum absolute atomic E-state index is 5.70. The van der Waals surface area contributed by atoms with Crippen LogP contribution in [-0.4, -0.2) is 25.4 Å². The average Bonchev–Trinajstić information content (AvgIpc) is 2.90. The summed E-state index contributed by atoms with van der Waals surface area (Å²) in [6, 6.07) is 0.00694. The van der Waals surface area contributed by atoms with Gasteiger partial charge in [0.15, 0.2) is 0 Å². The van der Waals surface area contributed by atoms with Gasteiger partial charge in [0, 0.05) is 13.5 Å². The summed E-state index contributed by atoms with van der Waals surface area (Å²) in [5.74, 6) is 6.60. The minimum Gasteiger partial charge on any atom is -0.496 e. The van der Waals surface area contributed by atoms with Gasteiger partial charge in [0.1, 0.15) is 11.8 Å². The van der Waals surface area contributed by atoms with Gasteiger partial charge < -0.3 is 9.47 Å². The van der Waals surface area contributed by atoms with Crippen molar-refractivity contribution in [3.05, 3.63) is 11.8 Å². The van der Waals surface area contributed by atoms with Crippen molar-refractivity contribution in [2.45, 2.75) is 43.7 Å². The third kappa shape index (κ3) is 1.89. The van der Waals surface area contributed by atoms with E-state index in [0.29, 0.717) is 0 Å². The molecule has 2 aliphatic rings. The molecule has 1 atom stereocenters. The molecule has 0 aromatic heterocycles. The second-order valence-electron chi connectivity index (χ2n) is 4.32. The van der Waals surface area contributed by atoms with Crippen molar-refractivity contribution in [1.29, 1.82) is 0 Å². The summed E-state index contributed by atoms with van der Waals surface area (Å²) in [5, 5.41) is 0. The molecule has 4 nitrogen and oxygen atoms in total. The van der Waals surface area contributed by atoms with E-state index in [1.165, 1.54) is 12.8 Å². The molecule has 1 aliphatic heterocycles. The van der Waals surface area contributed by atoms with Crippen LogP contribution in [0.3, 0.4) is 0 Å². The molecule has 86 valence electrons. The molecular weight excluding hydrogens is 192 g/mol. The van der Waals surface area contributed by atoms with Gasteiger partial charge in [-0.25, -0.2) is 5.43 Å². The first-order chi connectivity index (χ1) is 7.32. The summed E-state index contributed by atoms with van der Waals surface area (Å²) in [4.78, 5) is 0. The summed E-state index contributed by atoms with van der Waals surface area (Å²) < 4.78 is 11.3. The number of ether oxygens (including phenoxy) is 2. The largest absolute Gasteiger partial charge is 0.496 e. The molecule has 0 amide bonds. The van der Waals surface area contributed by atoms with Gasteiger partial charge in [-0.2, -0.15) is 0 Å². The topological polar surface area (TPSA) is 56.5 Å². The zero-order valence-corrected chi connectivity index (χ0v) is 9.29. The maximum Gasteiger partial charge on any atom is 0.113 e. The summed E-state index contributed by atoms with van der Waals surface area (Å²) in [7, 11) is 1.77. The molecule has 1 unspecified atom stereocenters. The second-order valence-corrected chi connectivity index (χ2v) is 4.32. The number of hydrazine groups is 1. The number of hydrogen-bond donors (Lipinski definition) is 2. The Morgan fingerprint density at radius 1 is 1.53 bits per heavy atom. The first-order valence-corrected chi connectivity index (χ1v) is 5.66. The molecule has 1 heterocycles. The summed E-state index contributed by atoms with van der Waals surface area (Å²) in [5.41, 5.74) is 2.70. The zero-order valence-electron chi connectivity index (χ0n) is 9.29. The molecule has 0 radical (unpaired) electrons. The highest BCUT2D eigenvalue weighted by atomic mass is 16.5. The van der Waals surface area contributed by atoms with Crippen LogP contribution in [-0.2, 0) is 9.47 Å². The molecule has 1 fully saturated rings. The Balaban J connectivity index is 2.16. The smallest absolute Gasteiger partial charge is 0.113 e. The number of nitrogens with two attached hydrogens (primary N) is 1. The molecule has 0 spiro atoms. The van der Waals surface area contributed by atoms with Gasteiger partial charge in [0.2, 0.25) is 0 Å². The van der Waals surface area contributed by atoms with E-state index in [1.54, 1.807) is 7.11 Å². The van der Waals surface area contributed by atoms with E-state index in [0.717, 1.165) is 31.6 Å². The van der Waals surface area contributed by atoms with Crippen LogP contribution in [0.1, 0.15) is 32.1 Å². The highest BCUT2D eigenvalue weighted by molar-refractivity contribution is 5.15. The first kappa shape index (κ1) is 10.9. The van der Waals surface area contributed by atoms with Crippen molar-refractivity contribution < 1.29 is 9.47 Å². The lowest BCUT2D eigenvalue weighted by Crippen LogP contribution is -2.54. The number of hydrogen-bond acceptors (Lipinski definition) is 4. The summed E-state index contributed by atoms with van der Waals surface area (Å²) >= 11 is 0. The van der Waals surface area contributed by atoms with Crippen LogP contribution in [0.4, 0.5) is 0 Å². The Kier molecular flexibility index (Phi) is 3.29. The van der Waals surface area contributed by atoms with Gasteiger partial charge in [-0.05, 0) is 18.9 Å². The zero-order chi connectivity index (χ0) is 10.7. The quantitative estimate of drug-likeness (QED) is 0.541. The fourth-order valence-electron chi connectivity index (χ4n) is 2.72. The molecule has 3 N–H and O–H groups in total. The molecular formula is C11H20N2O2. The van der Waals surface area contributed by atoms with Crippen molar-refractivity contribution in [1.82, 2.24) is 5.43 Å².